The number of aliphatic hydroxyl groups is 1. The molecular weight excluding hydrogens is 638 g/mol. The lowest BCUT2D eigenvalue weighted by atomic mass is 9.96. The van der Waals surface area contributed by atoms with Crippen molar-refractivity contribution in [2.24, 2.45) is 11.8 Å². The summed E-state index contributed by atoms with van der Waals surface area (Å²) in [5, 5.41) is 26.7. The number of hydrogen-bond acceptors (Lipinski definition) is 8. The Morgan fingerprint density at radius 3 is 2.00 bits per heavy atom. The van der Waals surface area contributed by atoms with Gasteiger partial charge in [-0.3, -0.25) is 19.2 Å². The second-order valence-electron chi connectivity index (χ2n) is 13.8. The molecule has 4 aliphatic rings. The van der Waals surface area contributed by atoms with Crippen molar-refractivity contribution in [3.8, 4) is 11.5 Å². The molecule has 2 aromatic rings. The Kier molecular flexibility index (Phi) is 14.9. The zero-order valence-corrected chi connectivity index (χ0v) is 29.8. The van der Waals surface area contributed by atoms with Gasteiger partial charge in [0.1, 0.15) is 23.6 Å². The fourth-order valence-corrected chi connectivity index (χ4v) is 6.05. The zero-order valence-electron chi connectivity index (χ0n) is 29.8. The minimum atomic E-state index is -1.12. The van der Waals surface area contributed by atoms with Crippen LogP contribution in [0.15, 0.2) is 48.5 Å². The Morgan fingerprint density at radius 2 is 1.38 bits per heavy atom. The molecule has 0 aromatic heterocycles. The Balaban J connectivity index is 1.57. The van der Waals surface area contributed by atoms with Crippen molar-refractivity contribution in [2.45, 2.75) is 103 Å². The third-order valence-electron chi connectivity index (χ3n) is 9.44. The molecule has 6 rings (SSSR count). The van der Waals surface area contributed by atoms with E-state index >= 15 is 0 Å². The van der Waals surface area contributed by atoms with Gasteiger partial charge >= 0.3 is 0 Å². The summed E-state index contributed by atoms with van der Waals surface area (Å²) >= 11 is 0. The Morgan fingerprint density at radius 1 is 0.760 bits per heavy atom. The van der Waals surface area contributed by atoms with Crippen LogP contribution in [0.1, 0.15) is 70.9 Å². The highest BCUT2D eigenvalue weighted by Gasteiger charge is 2.32. The fraction of sp³-hybridized carbons (Fsp3) is 0.579. The van der Waals surface area contributed by atoms with Gasteiger partial charge < -0.3 is 41.2 Å². The first kappa shape index (κ1) is 38.6. The highest BCUT2D eigenvalue weighted by Crippen LogP contribution is 2.18. The lowest BCUT2D eigenvalue weighted by molar-refractivity contribution is -0.131. The van der Waals surface area contributed by atoms with Crippen LogP contribution in [0.4, 0.5) is 0 Å². The Labute approximate surface area is 295 Å². The summed E-state index contributed by atoms with van der Waals surface area (Å²) in [6.45, 7) is 8.92. The van der Waals surface area contributed by atoms with E-state index in [9.17, 15) is 24.3 Å². The predicted octanol–water partition coefficient (Wildman–Crippen LogP) is 2.41. The molecule has 0 saturated heterocycles. The van der Waals surface area contributed by atoms with Gasteiger partial charge in [0.25, 0.3) is 0 Å². The molecule has 0 aliphatic carbocycles. The molecule has 50 heavy (non-hydrogen) atoms. The van der Waals surface area contributed by atoms with E-state index < -0.39 is 30.3 Å². The van der Waals surface area contributed by atoms with Gasteiger partial charge in [0.05, 0.1) is 31.4 Å². The topological polar surface area (TPSA) is 167 Å². The summed E-state index contributed by atoms with van der Waals surface area (Å²) in [5.74, 6) is -0.132. The largest absolute Gasteiger partial charge is 0.494 e. The Bertz CT molecular complexity index is 1400. The number of hydrogen-bond donors (Lipinski definition) is 6. The van der Waals surface area contributed by atoms with Crippen molar-refractivity contribution in [3.63, 3.8) is 0 Å². The molecule has 4 aliphatic heterocycles. The maximum Gasteiger partial charge on any atom is 0.243 e. The molecule has 2 aromatic carbocycles. The number of fused-ring (bicyclic) bond motifs is 25. The van der Waals surface area contributed by atoms with Crippen molar-refractivity contribution < 1.29 is 33.8 Å². The first-order chi connectivity index (χ1) is 24.0. The SMILES string of the molecule is CC[C@@H](C)[C@@H]1NC(=O)[C@@H](NC[C@@H](O)[C@@H]2Cc3ccc(cc3)OCCCCC(=O)N[C@@H](C(C)C)C(=O)N2)Cc2ccc(cc2)OCCCNC1=O. The second-order valence-corrected chi connectivity index (χ2v) is 13.8. The molecule has 0 spiro atoms. The van der Waals surface area contributed by atoms with E-state index in [1.807, 2.05) is 76.2 Å². The molecule has 4 bridgehead atoms. The van der Waals surface area contributed by atoms with Crippen LogP contribution >= 0.6 is 0 Å². The van der Waals surface area contributed by atoms with Gasteiger partial charge in [0.15, 0.2) is 0 Å². The van der Waals surface area contributed by atoms with Crippen molar-refractivity contribution in [3.05, 3.63) is 59.7 Å². The van der Waals surface area contributed by atoms with Gasteiger partial charge in [0.2, 0.25) is 23.6 Å². The number of aliphatic hydroxyl groups excluding tert-OH is 1. The predicted molar refractivity (Wildman–Crippen MR) is 191 cm³/mol. The molecule has 0 unspecified atom stereocenters. The molecule has 6 N–H and O–H groups in total. The fourth-order valence-electron chi connectivity index (χ4n) is 6.05. The maximum absolute atomic E-state index is 13.9. The van der Waals surface area contributed by atoms with E-state index in [0.717, 1.165) is 11.1 Å². The van der Waals surface area contributed by atoms with Crippen molar-refractivity contribution >= 4 is 23.6 Å². The summed E-state index contributed by atoms with van der Waals surface area (Å²) < 4.78 is 11.7. The average Bonchev–Trinajstić information content (AvgIpc) is 3.10. The van der Waals surface area contributed by atoms with Crippen molar-refractivity contribution in [1.82, 2.24) is 26.6 Å². The van der Waals surface area contributed by atoms with Gasteiger partial charge in [0, 0.05) is 19.5 Å². The minimum absolute atomic E-state index is 0.0374. The summed E-state index contributed by atoms with van der Waals surface area (Å²) in [6.07, 6.45) is 2.37. The third kappa shape index (κ3) is 11.7. The Hall–Kier alpha value is -4.16. The average molecular weight is 694 g/mol. The second kappa shape index (κ2) is 19.3. The van der Waals surface area contributed by atoms with Crippen molar-refractivity contribution in [1.29, 1.82) is 0 Å². The van der Waals surface area contributed by atoms with Gasteiger partial charge in [-0.15, -0.1) is 0 Å². The minimum Gasteiger partial charge on any atom is -0.494 e. The van der Waals surface area contributed by atoms with E-state index in [1.54, 1.807) is 0 Å². The summed E-state index contributed by atoms with van der Waals surface area (Å²) in [6, 6.07) is 11.9. The third-order valence-corrected chi connectivity index (χ3v) is 9.44. The lowest BCUT2D eigenvalue weighted by Gasteiger charge is -2.30. The van der Waals surface area contributed by atoms with Gasteiger partial charge in [-0.25, -0.2) is 0 Å². The molecule has 6 atom stereocenters. The zero-order chi connectivity index (χ0) is 36.0. The number of carbonyl (C=O) groups excluding carboxylic acids is 4. The first-order valence-corrected chi connectivity index (χ1v) is 18.1. The molecule has 274 valence electrons. The molecular formula is C38H55N5O7. The van der Waals surface area contributed by atoms with E-state index in [-0.39, 0.29) is 54.9 Å². The summed E-state index contributed by atoms with van der Waals surface area (Å²) in [5.41, 5.74) is 1.74. The molecule has 12 heteroatoms. The molecule has 0 radical (unpaired) electrons. The van der Waals surface area contributed by atoms with Gasteiger partial charge in [-0.05, 0) is 79.3 Å². The van der Waals surface area contributed by atoms with Crippen LogP contribution in [0.5, 0.6) is 11.5 Å². The van der Waals surface area contributed by atoms with Gasteiger partial charge in [-0.1, -0.05) is 58.4 Å². The van der Waals surface area contributed by atoms with Crippen LogP contribution in [0.25, 0.3) is 0 Å². The van der Waals surface area contributed by atoms with Crippen LogP contribution in [-0.2, 0) is 32.0 Å². The van der Waals surface area contributed by atoms with Crippen LogP contribution in [-0.4, -0.2) is 85.3 Å². The lowest BCUT2D eigenvalue weighted by Crippen LogP contribution is -2.58. The molecule has 12 nitrogen and oxygen atoms in total. The van der Waals surface area contributed by atoms with Crippen LogP contribution in [0.3, 0.4) is 0 Å². The summed E-state index contributed by atoms with van der Waals surface area (Å²) in [7, 11) is 0. The highest BCUT2D eigenvalue weighted by atomic mass is 16.5. The highest BCUT2D eigenvalue weighted by molar-refractivity contribution is 5.90. The number of carbonyl (C=O) groups is 4. The van der Waals surface area contributed by atoms with E-state index in [4.69, 9.17) is 9.47 Å². The van der Waals surface area contributed by atoms with Crippen molar-refractivity contribution in [2.75, 3.05) is 26.3 Å². The molecule has 4 heterocycles. The first-order valence-electron chi connectivity index (χ1n) is 18.1. The number of benzene rings is 2. The molecule has 0 saturated carbocycles. The van der Waals surface area contributed by atoms with Crippen LogP contribution in [0, 0.1) is 11.8 Å². The van der Waals surface area contributed by atoms with Crippen LogP contribution in [0.2, 0.25) is 0 Å². The number of nitrogens with one attached hydrogen (secondary N) is 5. The maximum atomic E-state index is 13.9. The van der Waals surface area contributed by atoms with E-state index in [2.05, 4.69) is 26.6 Å². The molecule has 4 amide bonds. The standard InChI is InChI=1S/C38H55N5O7/c1-5-25(4)35-37(47)39-18-8-20-50-29-16-12-27(13-17-29)22-31(36(46)43-35)40-23-32(44)30-21-26-10-14-28(15-11-26)49-19-7-6-9-33(45)42-34(24(2)3)38(48)41-30/h10-17,24-25,30-32,34-35,40,44H,5-9,18-23H2,1-4H3,(H,39,47)(H,41,48)(H,42,45)(H,43,46)/t25-,30+,31+,32-,34+,35+/m1/s1. The normalized spacial score (nSPS) is 24.4. The smallest absolute Gasteiger partial charge is 0.243 e. The van der Waals surface area contributed by atoms with E-state index in [1.165, 1.54) is 0 Å². The summed E-state index contributed by atoms with van der Waals surface area (Å²) in [4.78, 5) is 53.5. The monoisotopic (exact) mass is 693 g/mol. The molecule has 0 fully saturated rings. The number of amides is 4. The number of rotatable bonds is 7. The number of ether oxygens (including phenoxy) is 2. The van der Waals surface area contributed by atoms with Gasteiger partial charge in [-0.2, -0.15) is 0 Å². The quantitative estimate of drug-likeness (QED) is 0.257. The van der Waals surface area contributed by atoms with Crippen LogP contribution < -0.4 is 36.1 Å². The van der Waals surface area contributed by atoms with E-state index in [0.29, 0.717) is 63.4 Å².